The van der Waals surface area contributed by atoms with E-state index in [1.165, 1.54) is 0 Å². The molecule has 1 amide bonds. The lowest BCUT2D eigenvalue weighted by molar-refractivity contribution is 0.0277. The molecule has 10 nitrogen and oxygen atoms in total. The summed E-state index contributed by atoms with van der Waals surface area (Å²) < 4.78 is 17.6. The van der Waals surface area contributed by atoms with E-state index in [4.69, 9.17) is 19.2 Å². The quantitative estimate of drug-likeness (QED) is 0.592. The van der Waals surface area contributed by atoms with E-state index >= 15 is 0 Å². The van der Waals surface area contributed by atoms with Crippen LogP contribution in [-0.4, -0.2) is 83.7 Å². The van der Waals surface area contributed by atoms with Gasteiger partial charge in [-0.05, 0) is 25.1 Å². The summed E-state index contributed by atoms with van der Waals surface area (Å²) in [5.74, 6) is 1.36. The molecule has 0 bridgehead atoms. The highest BCUT2D eigenvalue weighted by molar-refractivity contribution is 5.80. The predicted octanol–water partition coefficient (Wildman–Crippen LogP) is 2.09. The molecule has 1 aliphatic heterocycles. The van der Waals surface area contributed by atoms with Crippen molar-refractivity contribution >= 4 is 17.6 Å². The van der Waals surface area contributed by atoms with E-state index in [9.17, 15) is 4.79 Å². The third-order valence-corrected chi connectivity index (χ3v) is 5.17. The molecule has 31 heavy (non-hydrogen) atoms. The van der Waals surface area contributed by atoms with Gasteiger partial charge >= 0.3 is 6.09 Å². The zero-order valence-electron chi connectivity index (χ0n) is 17.9. The summed E-state index contributed by atoms with van der Waals surface area (Å²) in [5.41, 5.74) is 2.41. The Bertz CT molecular complexity index is 1050. The second kappa shape index (κ2) is 9.17. The topological polar surface area (TPSA) is 94.3 Å². The lowest BCUT2D eigenvalue weighted by Gasteiger charge is -2.35. The lowest BCUT2D eigenvalue weighted by Crippen LogP contribution is -2.49. The minimum atomic E-state index is -0.311. The van der Waals surface area contributed by atoms with Gasteiger partial charge in [-0.15, -0.1) is 0 Å². The molecule has 0 spiro atoms. The first kappa shape index (κ1) is 20.9. The number of ether oxygens (including phenoxy) is 3. The Kier molecular flexibility index (Phi) is 6.17. The van der Waals surface area contributed by atoms with E-state index < -0.39 is 0 Å². The average Bonchev–Trinajstić information content (AvgIpc) is 3.22. The van der Waals surface area contributed by atoms with Crippen LogP contribution < -0.4 is 9.64 Å². The first-order valence-electron chi connectivity index (χ1n) is 10.1. The number of piperazine rings is 1. The van der Waals surface area contributed by atoms with Gasteiger partial charge in [-0.2, -0.15) is 5.10 Å². The van der Waals surface area contributed by atoms with E-state index in [1.807, 2.05) is 31.3 Å². The van der Waals surface area contributed by atoms with Crippen LogP contribution in [0.5, 0.6) is 5.88 Å². The number of carbonyl (C=O) groups excluding carboxylic acids is 1. The van der Waals surface area contributed by atoms with Crippen molar-refractivity contribution in [3.8, 4) is 17.0 Å². The summed E-state index contributed by atoms with van der Waals surface area (Å²) in [6.07, 6.45) is 4.75. The van der Waals surface area contributed by atoms with Crippen molar-refractivity contribution in [1.29, 1.82) is 0 Å². The number of methoxy groups -OCH3 is 2. The standard InChI is InChI=1S/C21H26N6O4/c1-15(14-29-2)31-21(28)26-11-9-25(10-12-26)18-6-8-27-19(24-18)17(13-23-27)16-5-4-7-22-20(16)30-3/h4-8,13,15H,9-12,14H2,1-3H3/t15-/m1/s1. The van der Waals surface area contributed by atoms with Crippen LogP contribution in [0, 0.1) is 0 Å². The summed E-state index contributed by atoms with van der Waals surface area (Å²) in [4.78, 5) is 25.3. The number of anilines is 1. The van der Waals surface area contributed by atoms with Crippen LogP contribution in [0.25, 0.3) is 16.8 Å². The van der Waals surface area contributed by atoms with Gasteiger partial charge in [-0.3, -0.25) is 0 Å². The summed E-state index contributed by atoms with van der Waals surface area (Å²) >= 11 is 0. The maximum atomic E-state index is 12.3. The van der Waals surface area contributed by atoms with Gasteiger partial charge in [0.2, 0.25) is 5.88 Å². The van der Waals surface area contributed by atoms with E-state index in [1.54, 1.807) is 36.0 Å². The molecule has 0 aromatic carbocycles. The maximum absolute atomic E-state index is 12.3. The Balaban J connectivity index is 1.49. The van der Waals surface area contributed by atoms with E-state index in [2.05, 4.69) is 15.0 Å². The van der Waals surface area contributed by atoms with Crippen molar-refractivity contribution < 1.29 is 19.0 Å². The Morgan fingerprint density at radius 3 is 2.71 bits per heavy atom. The monoisotopic (exact) mass is 426 g/mol. The molecular weight excluding hydrogens is 400 g/mol. The molecule has 0 N–H and O–H groups in total. The third kappa shape index (κ3) is 4.38. The molecule has 10 heteroatoms. The van der Waals surface area contributed by atoms with Gasteiger partial charge in [0.25, 0.3) is 0 Å². The molecule has 0 aliphatic carbocycles. The van der Waals surface area contributed by atoms with Crippen LogP contribution >= 0.6 is 0 Å². The maximum Gasteiger partial charge on any atom is 0.410 e. The van der Waals surface area contributed by atoms with Gasteiger partial charge in [0.15, 0.2) is 5.65 Å². The first-order valence-corrected chi connectivity index (χ1v) is 10.1. The molecular formula is C21H26N6O4. The molecule has 1 saturated heterocycles. The van der Waals surface area contributed by atoms with Gasteiger partial charge in [0, 0.05) is 51.2 Å². The number of rotatable bonds is 6. The van der Waals surface area contributed by atoms with Crippen molar-refractivity contribution in [2.75, 3.05) is 51.9 Å². The van der Waals surface area contributed by atoms with E-state index in [0.717, 1.165) is 22.6 Å². The van der Waals surface area contributed by atoms with Crippen molar-refractivity contribution in [3.05, 3.63) is 36.8 Å². The molecule has 3 aromatic heterocycles. The summed E-state index contributed by atoms with van der Waals surface area (Å²) in [6, 6.07) is 5.72. The van der Waals surface area contributed by atoms with Crippen molar-refractivity contribution in [2.24, 2.45) is 0 Å². The zero-order valence-corrected chi connectivity index (χ0v) is 17.9. The number of amides is 1. The minimum absolute atomic E-state index is 0.274. The van der Waals surface area contributed by atoms with Crippen LogP contribution in [-0.2, 0) is 9.47 Å². The van der Waals surface area contributed by atoms with E-state index in [-0.39, 0.29) is 12.2 Å². The fourth-order valence-corrected chi connectivity index (χ4v) is 3.62. The van der Waals surface area contributed by atoms with Gasteiger partial charge in [0.05, 0.1) is 25.5 Å². The molecule has 3 aromatic rings. The normalized spacial score (nSPS) is 15.2. The van der Waals surface area contributed by atoms with E-state index in [0.29, 0.717) is 38.7 Å². The summed E-state index contributed by atoms with van der Waals surface area (Å²) in [7, 11) is 3.18. The number of hydrogen-bond acceptors (Lipinski definition) is 8. The third-order valence-electron chi connectivity index (χ3n) is 5.17. The second-order valence-electron chi connectivity index (χ2n) is 7.30. The average molecular weight is 426 g/mol. The molecule has 4 rings (SSSR count). The second-order valence-corrected chi connectivity index (χ2v) is 7.30. The van der Waals surface area contributed by atoms with Crippen LogP contribution in [0.4, 0.5) is 10.6 Å². The van der Waals surface area contributed by atoms with Crippen molar-refractivity contribution in [1.82, 2.24) is 24.5 Å². The smallest absolute Gasteiger partial charge is 0.410 e. The van der Waals surface area contributed by atoms with Crippen molar-refractivity contribution in [3.63, 3.8) is 0 Å². The number of pyridine rings is 1. The van der Waals surface area contributed by atoms with Crippen LogP contribution in [0.15, 0.2) is 36.8 Å². The lowest BCUT2D eigenvalue weighted by atomic mass is 10.1. The molecule has 0 saturated carbocycles. The highest BCUT2D eigenvalue weighted by Gasteiger charge is 2.25. The number of fused-ring (bicyclic) bond motifs is 1. The number of hydrogen-bond donors (Lipinski definition) is 0. The molecule has 1 fully saturated rings. The molecule has 164 valence electrons. The fraction of sp³-hybridized carbons (Fsp3) is 0.429. The van der Waals surface area contributed by atoms with Gasteiger partial charge in [-0.25, -0.2) is 19.3 Å². The number of aromatic nitrogens is 4. The Labute approximate surface area is 180 Å². The van der Waals surface area contributed by atoms with Gasteiger partial charge in [0.1, 0.15) is 11.9 Å². The van der Waals surface area contributed by atoms with Crippen LogP contribution in [0.1, 0.15) is 6.92 Å². The first-order chi connectivity index (χ1) is 15.1. The Morgan fingerprint density at radius 1 is 1.16 bits per heavy atom. The summed E-state index contributed by atoms with van der Waals surface area (Å²) in [6.45, 7) is 4.65. The molecule has 0 unspecified atom stereocenters. The highest BCUT2D eigenvalue weighted by atomic mass is 16.6. The largest absolute Gasteiger partial charge is 0.481 e. The molecule has 1 atom stereocenters. The fourth-order valence-electron chi connectivity index (χ4n) is 3.62. The van der Waals surface area contributed by atoms with Gasteiger partial charge in [-0.1, -0.05) is 0 Å². The van der Waals surface area contributed by atoms with Gasteiger partial charge < -0.3 is 24.0 Å². The Hall–Kier alpha value is -3.40. The minimum Gasteiger partial charge on any atom is -0.481 e. The highest BCUT2D eigenvalue weighted by Crippen LogP contribution is 2.31. The van der Waals surface area contributed by atoms with Crippen LogP contribution in [0.3, 0.4) is 0 Å². The zero-order chi connectivity index (χ0) is 21.8. The van der Waals surface area contributed by atoms with Crippen molar-refractivity contribution in [2.45, 2.75) is 13.0 Å². The molecule has 4 heterocycles. The Morgan fingerprint density at radius 2 is 1.97 bits per heavy atom. The molecule has 1 aliphatic rings. The van der Waals surface area contributed by atoms with Crippen LogP contribution in [0.2, 0.25) is 0 Å². The molecule has 0 radical (unpaired) electrons. The number of carbonyl (C=O) groups is 1. The predicted molar refractivity (Wildman–Crippen MR) is 114 cm³/mol. The summed E-state index contributed by atoms with van der Waals surface area (Å²) in [5, 5.41) is 4.41. The number of nitrogens with zero attached hydrogens (tertiary/aromatic N) is 6. The SMILES string of the molecule is COC[C@@H](C)OC(=O)N1CCN(c2ccn3ncc(-c4cccnc4OC)c3n2)CC1.